The second kappa shape index (κ2) is 27.5. The van der Waals surface area contributed by atoms with Crippen molar-refractivity contribution in [3.63, 3.8) is 0 Å². The molecule has 0 saturated carbocycles. The van der Waals surface area contributed by atoms with E-state index in [9.17, 15) is 0 Å². The van der Waals surface area contributed by atoms with E-state index in [2.05, 4.69) is 121 Å². The molecule has 0 amide bonds. The molecule has 20 rings (SSSR count). The fraction of sp³-hybridized carbons (Fsp3) is 0.200. The van der Waals surface area contributed by atoms with Crippen LogP contribution in [0, 0.1) is 0 Å². The fourth-order valence-corrected chi connectivity index (χ4v) is 10.9. The largest absolute Gasteiger partial charge is 0.496 e. The van der Waals surface area contributed by atoms with E-state index in [1.54, 1.807) is 35.5 Å². The van der Waals surface area contributed by atoms with Gasteiger partial charge in [0.2, 0.25) is 0 Å². The molecule has 10 bridgehead atoms. The van der Waals surface area contributed by atoms with E-state index in [0.717, 1.165) is 83.5 Å². The molecule has 0 spiro atoms. The minimum absolute atomic E-state index is 0.343. The summed E-state index contributed by atoms with van der Waals surface area (Å²) in [7, 11) is 8.55. The lowest BCUT2D eigenvalue weighted by Crippen LogP contribution is -2.07. The third-order valence-electron chi connectivity index (χ3n) is 15.4. The van der Waals surface area contributed by atoms with E-state index in [0.29, 0.717) is 123 Å². The molecular weight excluding hydrogens is 1060 g/mol. The van der Waals surface area contributed by atoms with Gasteiger partial charge in [-0.1, -0.05) is 152 Å². The van der Waals surface area contributed by atoms with Crippen LogP contribution in [0.15, 0.2) is 212 Å². The maximum atomic E-state index is 6.90. The van der Waals surface area contributed by atoms with Crippen molar-refractivity contribution < 1.29 is 47.4 Å². The van der Waals surface area contributed by atoms with Gasteiger partial charge in [-0.15, -0.1) is 0 Å². The number of benzene rings is 10. The minimum Gasteiger partial charge on any atom is -0.496 e. The Morgan fingerprint density at radius 1 is 0.200 bits per heavy atom. The minimum atomic E-state index is 0.343. The van der Waals surface area contributed by atoms with E-state index < -0.39 is 0 Å². The Bertz CT molecular complexity index is 3250. The molecule has 0 aromatic heterocycles. The van der Waals surface area contributed by atoms with Crippen molar-refractivity contribution in [3.8, 4) is 57.5 Å². The topological polar surface area (TPSA) is 92.3 Å². The van der Waals surface area contributed by atoms with E-state index in [1.165, 1.54) is 0 Å². The Labute approximate surface area is 499 Å². The molecule has 0 atom stereocenters. The average molecular weight is 1130 g/mol. The van der Waals surface area contributed by atoms with Crippen molar-refractivity contribution >= 4 is 0 Å². The third-order valence-corrected chi connectivity index (χ3v) is 15.4. The Morgan fingerprint density at radius 2 is 0.341 bits per heavy atom. The Balaban J connectivity index is 1.12. The summed E-state index contributed by atoms with van der Waals surface area (Å²) in [6, 6.07) is 71.9. The lowest BCUT2D eigenvalue weighted by molar-refractivity contribution is 0.299. The predicted molar refractivity (Wildman–Crippen MR) is 333 cm³/mol. The van der Waals surface area contributed by atoms with Crippen LogP contribution < -0.4 is 47.4 Å². The quantitative estimate of drug-likeness (QED) is 0.0735. The maximum absolute atomic E-state index is 6.90. The molecule has 0 saturated heterocycles. The molecule has 85 heavy (non-hydrogen) atoms. The average Bonchev–Trinajstić information content (AvgIpc) is 3.49. The molecular formula is C75H70O10. The van der Waals surface area contributed by atoms with Crippen molar-refractivity contribution in [2.45, 2.75) is 65.1 Å². The first-order valence-corrected chi connectivity index (χ1v) is 28.7. The molecule has 10 aromatic carbocycles. The van der Waals surface area contributed by atoms with Gasteiger partial charge in [0.1, 0.15) is 90.5 Å². The number of hydrogen-bond donors (Lipinski definition) is 0. The van der Waals surface area contributed by atoms with Gasteiger partial charge in [0.05, 0.1) is 35.5 Å². The van der Waals surface area contributed by atoms with Crippen LogP contribution in [0.1, 0.15) is 83.5 Å². The molecule has 0 radical (unpaired) electrons. The van der Waals surface area contributed by atoms with E-state index in [4.69, 9.17) is 47.4 Å². The Hall–Kier alpha value is -9.80. The first-order chi connectivity index (χ1) is 41.8. The molecule has 10 heteroatoms. The van der Waals surface area contributed by atoms with Crippen LogP contribution in [0.25, 0.3) is 0 Å². The van der Waals surface area contributed by atoms with Crippen LogP contribution in [-0.2, 0) is 65.1 Å². The summed E-state index contributed by atoms with van der Waals surface area (Å²) in [5.41, 5.74) is 14.2. The van der Waals surface area contributed by atoms with Gasteiger partial charge in [0.25, 0.3) is 0 Å². The molecule has 10 aliphatic rings. The van der Waals surface area contributed by atoms with Crippen molar-refractivity contribution in [1.82, 2.24) is 0 Å². The zero-order chi connectivity index (χ0) is 58.3. The predicted octanol–water partition coefficient (Wildman–Crippen LogP) is 15.9. The number of methoxy groups -OCH3 is 5. The first kappa shape index (κ1) is 57.0. The van der Waals surface area contributed by atoms with Crippen LogP contribution in [0.5, 0.6) is 57.5 Å². The van der Waals surface area contributed by atoms with Crippen molar-refractivity contribution in [2.24, 2.45) is 0 Å². The molecule has 10 nitrogen and oxygen atoms in total. The summed E-state index contributed by atoms with van der Waals surface area (Å²) in [5.74, 6) is 6.95. The van der Waals surface area contributed by atoms with Gasteiger partial charge in [0, 0.05) is 87.7 Å². The SMILES string of the molecule is COc1cc2c(OCc3ccccc3)cc1Cc1cc(OC)c(cc1OCc1ccccc1)Cc1cc(OC)c(cc1OCc1ccccc1)Cc1cc(OC)c(cc1OCc1ccccc1)Cc1cc(OC)c(cc1OCc1ccccc1)C2. The van der Waals surface area contributed by atoms with Crippen molar-refractivity contribution in [3.05, 3.63) is 296 Å². The van der Waals surface area contributed by atoms with Crippen LogP contribution in [0.4, 0.5) is 0 Å². The standard InChI is InChI=1S/C75H70O10/c1-76-66-36-61-32-57-42-73(83-48-53-25-15-8-16-26-53)63(38-68(57)78-3)34-59-44-75(85-50-55-29-19-10-20-30-55)65(40-70(59)80-5)35-60-45-74(84-49-54-27-17-9-18-28-54)64(39-69(60)79-4)33-58-43-72(82-47-52-23-13-7-14-24-52)62(37-67(58)77-2)31-56(66)41-71(61)81-46-51-21-11-6-12-22-51/h6-30,36-45H,31-35,46-50H2,1-5H3. The van der Waals surface area contributed by atoms with Crippen LogP contribution in [-0.4, -0.2) is 35.5 Å². The molecule has 0 unspecified atom stereocenters. The summed E-state index contributed by atoms with van der Waals surface area (Å²) in [4.78, 5) is 0. The van der Waals surface area contributed by atoms with Gasteiger partial charge in [0.15, 0.2) is 0 Å². The molecule has 0 fully saturated rings. The Morgan fingerprint density at radius 3 is 0.494 bits per heavy atom. The second-order valence-corrected chi connectivity index (χ2v) is 21.1. The van der Waals surface area contributed by atoms with Gasteiger partial charge in [-0.3, -0.25) is 0 Å². The van der Waals surface area contributed by atoms with Crippen LogP contribution in [0.2, 0.25) is 0 Å². The highest BCUT2D eigenvalue weighted by molar-refractivity contribution is 5.60. The molecule has 10 aromatic rings. The van der Waals surface area contributed by atoms with Crippen LogP contribution in [0.3, 0.4) is 0 Å². The van der Waals surface area contributed by atoms with Gasteiger partial charge in [-0.25, -0.2) is 0 Å². The van der Waals surface area contributed by atoms with Gasteiger partial charge >= 0.3 is 0 Å². The smallest absolute Gasteiger partial charge is 0.123 e. The van der Waals surface area contributed by atoms with Crippen LogP contribution >= 0.6 is 0 Å². The maximum Gasteiger partial charge on any atom is 0.123 e. The van der Waals surface area contributed by atoms with Gasteiger partial charge in [-0.2, -0.15) is 0 Å². The fourth-order valence-electron chi connectivity index (χ4n) is 10.9. The first-order valence-electron chi connectivity index (χ1n) is 28.7. The van der Waals surface area contributed by atoms with E-state index >= 15 is 0 Å². The van der Waals surface area contributed by atoms with E-state index in [1.807, 2.05) is 91.0 Å². The molecule has 430 valence electrons. The highest BCUT2D eigenvalue weighted by atomic mass is 16.5. The molecule has 10 aliphatic carbocycles. The summed E-state index contributed by atoms with van der Waals surface area (Å²) in [6.07, 6.45) is 2.13. The highest BCUT2D eigenvalue weighted by Gasteiger charge is 2.25. The summed E-state index contributed by atoms with van der Waals surface area (Å²) in [6.45, 7) is 1.71. The highest BCUT2D eigenvalue weighted by Crippen LogP contribution is 2.43. The normalized spacial score (nSPS) is 11.8. The summed E-state index contributed by atoms with van der Waals surface area (Å²) in [5, 5.41) is 0. The molecule has 0 N–H and O–H groups in total. The number of ether oxygens (including phenoxy) is 10. The number of hydrogen-bond acceptors (Lipinski definition) is 10. The van der Waals surface area contributed by atoms with E-state index in [-0.39, 0.29) is 0 Å². The van der Waals surface area contributed by atoms with Gasteiger partial charge < -0.3 is 47.4 Å². The summed E-state index contributed by atoms with van der Waals surface area (Å²) >= 11 is 0. The van der Waals surface area contributed by atoms with Crippen molar-refractivity contribution in [1.29, 1.82) is 0 Å². The lowest BCUT2D eigenvalue weighted by atomic mass is 9.94. The monoisotopic (exact) mass is 1130 g/mol. The number of rotatable bonds is 20. The lowest BCUT2D eigenvalue weighted by Gasteiger charge is -2.21. The Kier molecular flexibility index (Phi) is 18.5. The zero-order valence-electron chi connectivity index (χ0n) is 48.9. The second-order valence-electron chi connectivity index (χ2n) is 21.1. The molecule has 0 heterocycles. The third kappa shape index (κ3) is 14.2. The summed E-state index contributed by atoms with van der Waals surface area (Å²) < 4.78 is 66.2. The van der Waals surface area contributed by atoms with Gasteiger partial charge in [-0.05, 0) is 88.5 Å². The zero-order valence-corrected chi connectivity index (χ0v) is 48.9. The molecule has 0 aliphatic heterocycles. The van der Waals surface area contributed by atoms with Crippen molar-refractivity contribution in [2.75, 3.05) is 35.5 Å².